The average Bonchev–Trinajstić information content (AvgIpc) is 2.68. The lowest BCUT2D eigenvalue weighted by molar-refractivity contribution is 0.102. The highest BCUT2D eigenvalue weighted by atomic mass is 32.2. The molecule has 3 rings (SSSR count). The molecule has 1 aliphatic rings. The van der Waals surface area contributed by atoms with Crippen LogP contribution in [0.5, 0.6) is 0 Å². The second-order valence-corrected chi connectivity index (χ2v) is 7.50. The summed E-state index contributed by atoms with van der Waals surface area (Å²) in [5.41, 5.74) is 6.20. The molecule has 0 saturated heterocycles. The molecule has 3 N–H and O–H groups in total. The number of allylic oxidation sites excluding steroid dienone is 1. The van der Waals surface area contributed by atoms with E-state index in [1.165, 1.54) is 42.2 Å². The van der Waals surface area contributed by atoms with Crippen molar-refractivity contribution in [3.8, 4) is 6.07 Å². The van der Waals surface area contributed by atoms with Crippen molar-refractivity contribution < 1.29 is 9.18 Å². The predicted molar refractivity (Wildman–Crippen MR) is 108 cm³/mol. The Morgan fingerprint density at radius 3 is 2.82 bits per heavy atom. The summed E-state index contributed by atoms with van der Waals surface area (Å²) in [5, 5.41) is 11.9. The van der Waals surface area contributed by atoms with Crippen LogP contribution in [-0.4, -0.2) is 16.1 Å². The molecule has 1 aromatic heterocycles. The molecule has 142 valence electrons. The van der Waals surface area contributed by atoms with E-state index in [1.807, 2.05) is 19.1 Å². The Morgan fingerprint density at radius 2 is 2.18 bits per heavy atom. The molecule has 2 heterocycles. The zero-order valence-corrected chi connectivity index (χ0v) is 16.2. The summed E-state index contributed by atoms with van der Waals surface area (Å²) in [4.78, 5) is 21.8. The standard InChI is InChI=1S/C20H18FN5OS/c1-3-14-9-20(2,26-19(23)28-14)15-8-13(5-6-16(15)21)25-18(27)17-7-4-12(10-22)11-24-17/h4-9,11H,3H2,1-2H3,(H2,23,26)(H,25,27)/t20-/m0/s1. The summed E-state index contributed by atoms with van der Waals surface area (Å²) in [6.07, 6.45) is 3.97. The fourth-order valence-corrected chi connectivity index (χ4v) is 3.79. The number of hydrogen-bond donors (Lipinski definition) is 2. The fourth-order valence-electron chi connectivity index (χ4n) is 2.85. The number of amidine groups is 1. The number of nitrogens with two attached hydrogens (primary N) is 1. The number of carbonyl (C=O) groups is 1. The molecule has 1 aromatic carbocycles. The van der Waals surface area contributed by atoms with Gasteiger partial charge in [0.25, 0.3) is 5.91 Å². The van der Waals surface area contributed by atoms with E-state index in [1.54, 1.807) is 13.0 Å². The Bertz CT molecular complexity index is 1030. The molecule has 0 aliphatic carbocycles. The molecule has 6 nitrogen and oxygen atoms in total. The van der Waals surface area contributed by atoms with Gasteiger partial charge in [0, 0.05) is 17.4 Å². The van der Waals surface area contributed by atoms with E-state index < -0.39 is 17.3 Å². The van der Waals surface area contributed by atoms with Gasteiger partial charge in [-0.05, 0) is 54.7 Å². The van der Waals surface area contributed by atoms with E-state index in [-0.39, 0.29) is 5.69 Å². The maximum absolute atomic E-state index is 14.6. The summed E-state index contributed by atoms with van der Waals surface area (Å²) in [6.45, 7) is 3.77. The summed E-state index contributed by atoms with van der Waals surface area (Å²) >= 11 is 1.37. The molecule has 1 aliphatic heterocycles. The van der Waals surface area contributed by atoms with E-state index >= 15 is 0 Å². The lowest BCUT2D eigenvalue weighted by Crippen LogP contribution is -2.26. The molecule has 1 amide bonds. The van der Waals surface area contributed by atoms with Crippen molar-refractivity contribution in [2.75, 3.05) is 5.32 Å². The topological polar surface area (TPSA) is 104 Å². The van der Waals surface area contributed by atoms with E-state index in [9.17, 15) is 9.18 Å². The molecule has 0 bridgehead atoms. The minimum absolute atomic E-state index is 0.153. The third-order valence-electron chi connectivity index (χ3n) is 4.26. The number of anilines is 1. The number of rotatable bonds is 4. The highest BCUT2D eigenvalue weighted by molar-refractivity contribution is 8.17. The number of carbonyl (C=O) groups excluding carboxylic acids is 1. The quantitative estimate of drug-likeness (QED) is 0.817. The first-order chi connectivity index (χ1) is 13.3. The van der Waals surface area contributed by atoms with Gasteiger partial charge in [-0.3, -0.25) is 4.79 Å². The van der Waals surface area contributed by atoms with E-state index in [0.717, 1.165) is 11.3 Å². The van der Waals surface area contributed by atoms with Crippen molar-refractivity contribution in [3.63, 3.8) is 0 Å². The minimum atomic E-state index is -0.960. The molecule has 8 heteroatoms. The normalized spacial score (nSPS) is 18.6. The van der Waals surface area contributed by atoms with Crippen LogP contribution in [0.4, 0.5) is 10.1 Å². The number of hydrogen-bond acceptors (Lipinski definition) is 6. The highest BCUT2D eigenvalue weighted by Gasteiger charge is 2.31. The van der Waals surface area contributed by atoms with Crippen LogP contribution in [0.25, 0.3) is 0 Å². The molecule has 0 radical (unpaired) electrons. The van der Waals surface area contributed by atoms with Crippen LogP contribution in [0.3, 0.4) is 0 Å². The highest BCUT2D eigenvalue weighted by Crippen LogP contribution is 2.39. The Kier molecular flexibility index (Phi) is 5.47. The lowest BCUT2D eigenvalue weighted by atomic mass is 9.90. The third kappa shape index (κ3) is 4.05. The van der Waals surface area contributed by atoms with Crippen LogP contribution in [-0.2, 0) is 5.54 Å². The number of benzene rings is 1. The summed E-state index contributed by atoms with van der Waals surface area (Å²) < 4.78 is 14.6. The van der Waals surface area contributed by atoms with Crippen molar-refractivity contribution in [1.29, 1.82) is 5.26 Å². The zero-order valence-electron chi connectivity index (χ0n) is 15.4. The summed E-state index contributed by atoms with van der Waals surface area (Å²) in [6, 6.07) is 9.22. The maximum Gasteiger partial charge on any atom is 0.274 e. The van der Waals surface area contributed by atoms with E-state index in [2.05, 4.69) is 15.3 Å². The van der Waals surface area contributed by atoms with Gasteiger partial charge in [0.05, 0.1) is 5.56 Å². The van der Waals surface area contributed by atoms with Gasteiger partial charge in [0.15, 0.2) is 5.17 Å². The van der Waals surface area contributed by atoms with E-state index in [0.29, 0.717) is 22.0 Å². The first-order valence-corrected chi connectivity index (χ1v) is 9.38. The van der Waals surface area contributed by atoms with Crippen LogP contribution in [0.2, 0.25) is 0 Å². The second-order valence-electron chi connectivity index (χ2n) is 6.36. The Hall–Kier alpha value is -3.18. The first-order valence-electron chi connectivity index (χ1n) is 8.57. The second kappa shape index (κ2) is 7.82. The van der Waals surface area contributed by atoms with Gasteiger partial charge in [-0.1, -0.05) is 18.7 Å². The molecule has 0 unspecified atom stereocenters. The molecule has 2 aromatic rings. The van der Waals surface area contributed by atoms with Gasteiger partial charge in [0.2, 0.25) is 0 Å². The van der Waals surface area contributed by atoms with Crippen molar-refractivity contribution in [2.24, 2.45) is 10.7 Å². The van der Waals surface area contributed by atoms with Gasteiger partial charge in [0.1, 0.15) is 23.1 Å². The summed E-state index contributed by atoms with van der Waals surface area (Å²) in [5.74, 6) is -0.897. The lowest BCUT2D eigenvalue weighted by Gasteiger charge is -2.28. The number of nitrogens with one attached hydrogen (secondary N) is 1. The molecular formula is C20H18FN5OS. The number of aliphatic imine (C=N–C) groups is 1. The molecule has 0 saturated carbocycles. The monoisotopic (exact) mass is 395 g/mol. The van der Waals surface area contributed by atoms with Crippen LogP contribution in [0, 0.1) is 17.1 Å². The molecular weight excluding hydrogens is 377 g/mol. The predicted octanol–water partition coefficient (Wildman–Crippen LogP) is 3.92. The molecule has 1 atom stereocenters. The summed E-state index contributed by atoms with van der Waals surface area (Å²) in [7, 11) is 0. The number of nitrogens with zero attached hydrogens (tertiary/aromatic N) is 3. The van der Waals surface area contributed by atoms with E-state index in [4.69, 9.17) is 11.0 Å². The van der Waals surface area contributed by atoms with Crippen LogP contribution in [0.1, 0.15) is 41.9 Å². The average molecular weight is 395 g/mol. The smallest absolute Gasteiger partial charge is 0.274 e. The van der Waals surface area contributed by atoms with Crippen molar-refractivity contribution in [1.82, 2.24) is 4.98 Å². The van der Waals surface area contributed by atoms with Gasteiger partial charge < -0.3 is 11.1 Å². The van der Waals surface area contributed by atoms with Crippen LogP contribution < -0.4 is 11.1 Å². The number of thioether (sulfide) groups is 1. The van der Waals surface area contributed by atoms with Gasteiger partial charge in [-0.2, -0.15) is 5.26 Å². The van der Waals surface area contributed by atoms with Crippen molar-refractivity contribution in [3.05, 3.63) is 70.1 Å². The molecule has 0 spiro atoms. The minimum Gasteiger partial charge on any atom is -0.378 e. The van der Waals surface area contributed by atoms with Gasteiger partial charge in [-0.15, -0.1) is 0 Å². The Labute approximate surface area is 166 Å². The van der Waals surface area contributed by atoms with Crippen LogP contribution >= 0.6 is 11.8 Å². The number of aromatic nitrogens is 1. The van der Waals surface area contributed by atoms with Gasteiger partial charge in [-0.25, -0.2) is 14.4 Å². The SMILES string of the molecule is CCC1=C[C@@](C)(c2cc(NC(=O)c3ccc(C#N)cn3)ccc2F)N=C(N)S1. The molecule has 28 heavy (non-hydrogen) atoms. The number of pyridine rings is 1. The number of amides is 1. The largest absolute Gasteiger partial charge is 0.378 e. The van der Waals surface area contributed by atoms with Gasteiger partial charge >= 0.3 is 0 Å². The molecule has 0 fully saturated rings. The number of nitriles is 1. The van der Waals surface area contributed by atoms with Crippen molar-refractivity contribution >= 4 is 28.5 Å². The zero-order chi connectivity index (χ0) is 20.3. The Morgan fingerprint density at radius 1 is 1.39 bits per heavy atom. The first kappa shape index (κ1) is 19.6. The third-order valence-corrected chi connectivity index (χ3v) is 5.23. The maximum atomic E-state index is 14.6. The Balaban J connectivity index is 1.91. The number of halogens is 1. The fraction of sp³-hybridized carbons (Fsp3) is 0.200. The van der Waals surface area contributed by atoms with Crippen LogP contribution in [0.15, 0.2) is 52.5 Å². The van der Waals surface area contributed by atoms with Crippen molar-refractivity contribution in [2.45, 2.75) is 25.8 Å².